The van der Waals surface area contributed by atoms with Gasteiger partial charge < -0.3 is 4.74 Å². The number of nitrogens with one attached hydrogen (secondary N) is 1. The van der Waals surface area contributed by atoms with Crippen LogP contribution in [0.25, 0.3) is 10.2 Å². The van der Waals surface area contributed by atoms with Crippen molar-refractivity contribution in [2.45, 2.75) is 6.92 Å². The Morgan fingerprint density at radius 1 is 1.32 bits per heavy atom. The number of fused-ring (bicyclic) bond motifs is 1. The highest BCUT2D eigenvalue weighted by molar-refractivity contribution is 9.10. The fourth-order valence-electron chi connectivity index (χ4n) is 1.95. The zero-order chi connectivity index (χ0) is 15.5. The number of halogens is 1. The number of nitrogens with zero attached hydrogens (tertiary/aromatic N) is 1. The van der Waals surface area contributed by atoms with Gasteiger partial charge in [0.1, 0.15) is 5.75 Å². The van der Waals surface area contributed by atoms with Crippen molar-refractivity contribution < 1.29 is 9.53 Å². The van der Waals surface area contributed by atoms with Crippen LogP contribution in [0.4, 0.5) is 5.13 Å². The average molecular weight is 377 g/mol. The van der Waals surface area contributed by atoms with Crippen LogP contribution in [-0.2, 0) is 4.79 Å². The molecule has 4 nitrogen and oxygen atoms in total. The molecule has 3 rings (SSSR count). The van der Waals surface area contributed by atoms with E-state index in [1.807, 2.05) is 49.4 Å². The van der Waals surface area contributed by atoms with Crippen LogP contribution in [0.3, 0.4) is 0 Å². The number of thiazole rings is 1. The van der Waals surface area contributed by atoms with Crippen molar-refractivity contribution in [2.75, 3.05) is 11.9 Å². The zero-order valence-corrected chi connectivity index (χ0v) is 14.2. The number of aromatic nitrogens is 1. The molecule has 0 unspecified atom stereocenters. The molecular weight excluding hydrogens is 364 g/mol. The molecule has 0 radical (unpaired) electrons. The first-order valence-corrected chi connectivity index (χ1v) is 8.27. The van der Waals surface area contributed by atoms with E-state index in [1.54, 1.807) is 0 Å². The number of carbonyl (C=O) groups is 1. The number of hydrogen-bond acceptors (Lipinski definition) is 4. The molecule has 1 heterocycles. The Hall–Kier alpha value is -1.92. The highest BCUT2D eigenvalue weighted by atomic mass is 79.9. The van der Waals surface area contributed by atoms with E-state index in [9.17, 15) is 4.79 Å². The molecule has 22 heavy (non-hydrogen) atoms. The first-order chi connectivity index (χ1) is 10.6. The Labute approximate surface area is 140 Å². The lowest BCUT2D eigenvalue weighted by atomic mass is 10.2. The first kappa shape index (κ1) is 15.0. The van der Waals surface area contributed by atoms with E-state index in [0.717, 1.165) is 20.3 Å². The van der Waals surface area contributed by atoms with Gasteiger partial charge in [0, 0.05) is 0 Å². The van der Waals surface area contributed by atoms with Gasteiger partial charge in [-0.25, -0.2) is 4.98 Å². The van der Waals surface area contributed by atoms with Gasteiger partial charge in [-0.05, 0) is 52.7 Å². The monoisotopic (exact) mass is 376 g/mol. The van der Waals surface area contributed by atoms with Crippen molar-refractivity contribution in [1.29, 1.82) is 0 Å². The van der Waals surface area contributed by atoms with Crippen LogP contribution in [0.2, 0.25) is 0 Å². The van der Waals surface area contributed by atoms with E-state index in [0.29, 0.717) is 10.9 Å². The van der Waals surface area contributed by atoms with E-state index >= 15 is 0 Å². The van der Waals surface area contributed by atoms with Crippen molar-refractivity contribution in [3.8, 4) is 5.75 Å². The van der Waals surface area contributed by atoms with Crippen LogP contribution in [0.15, 0.2) is 46.9 Å². The van der Waals surface area contributed by atoms with Crippen LogP contribution in [0.1, 0.15) is 5.56 Å². The number of hydrogen-bond donors (Lipinski definition) is 1. The maximum Gasteiger partial charge on any atom is 0.264 e. The number of para-hydroxylation sites is 1. The molecule has 0 bridgehead atoms. The van der Waals surface area contributed by atoms with Gasteiger partial charge in [0.05, 0.1) is 14.7 Å². The predicted molar refractivity (Wildman–Crippen MR) is 92.6 cm³/mol. The minimum atomic E-state index is -0.230. The van der Waals surface area contributed by atoms with Crippen LogP contribution >= 0.6 is 27.3 Å². The summed E-state index contributed by atoms with van der Waals surface area (Å²) in [5.41, 5.74) is 2.00. The van der Waals surface area contributed by atoms with Crippen molar-refractivity contribution in [3.63, 3.8) is 0 Å². The van der Waals surface area contributed by atoms with E-state index in [2.05, 4.69) is 26.2 Å². The maximum atomic E-state index is 12.0. The number of aryl methyl sites for hydroxylation is 1. The molecule has 0 aliphatic rings. The lowest BCUT2D eigenvalue weighted by molar-refractivity contribution is -0.118. The van der Waals surface area contributed by atoms with Gasteiger partial charge in [-0.1, -0.05) is 29.5 Å². The zero-order valence-electron chi connectivity index (χ0n) is 11.8. The van der Waals surface area contributed by atoms with Crippen molar-refractivity contribution >= 4 is 48.5 Å². The van der Waals surface area contributed by atoms with Crippen molar-refractivity contribution in [2.24, 2.45) is 0 Å². The van der Waals surface area contributed by atoms with Crippen LogP contribution in [0, 0.1) is 6.92 Å². The SMILES string of the molecule is Cc1ccc(OCC(=O)Nc2nc3ccccc3s2)c(Br)c1. The largest absolute Gasteiger partial charge is 0.483 e. The third-order valence-electron chi connectivity index (χ3n) is 2.99. The first-order valence-electron chi connectivity index (χ1n) is 6.66. The van der Waals surface area contributed by atoms with E-state index in [1.165, 1.54) is 11.3 Å². The second-order valence-corrected chi connectivity index (χ2v) is 6.64. The Balaban J connectivity index is 1.62. The van der Waals surface area contributed by atoms with Gasteiger partial charge in [0.2, 0.25) is 0 Å². The van der Waals surface area contributed by atoms with Gasteiger partial charge in [-0.2, -0.15) is 0 Å². The Bertz CT molecular complexity index is 799. The number of benzene rings is 2. The van der Waals surface area contributed by atoms with E-state index < -0.39 is 0 Å². The van der Waals surface area contributed by atoms with Crippen molar-refractivity contribution in [3.05, 3.63) is 52.5 Å². The summed E-state index contributed by atoms with van der Waals surface area (Å²) in [7, 11) is 0. The quantitative estimate of drug-likeness (QED) is 0.734. The fraction of sp³-hybridized carbons (Fsp3) is 0.125. The second kappa shape index (κ2) is 6.46. The Morgan fingerprint density at radius 3 is 2.91 bits per heavy atom. The molecule has 0 spiro atoms. The summed E-state index contributed by atoms with van der Waals surface area (Å²) in [6.45, 7) is 1.94. The van der Waals surface area contributed by atoms with Crippen LogP contribution in [0.5, 0.6) is 5.75 Å². The normalized spacial score (nSPS) is 10.6. The maximum absolute atomic E-state index is 12.0. The number of rotatable bonds is 4. The standard InChI is InChI=1S/C16H13BrN2O2S/c1-10-6-7-13(11(17)8-10)21-9-15(20)19-16-18-12-4-2-3-5-14(12)22-16/h2-8H,9H2,1H3,(H,18,19,20). The molecule has 1 aromatic heterocycles. The molecule has 6 heteroatoms. The summed E-state index contributed by atoms with van der Waals surface area (Å²) in [5, 5.41) is 3.34. The molecule has 0 aliphatic carbocycles. The molecule has 0 aliphatic heterocycles. The summed E-state index contributed by atoms with van der Waals surface area (Å²) < 4.78 is 7.39. The van der Waals surface area contributed by atoms with Crippen molar-refractivity contribution in [1.82, 2.24) is 4.98 Å². The minimum absolute atomic E-state index is 0.0580. The molecule has 0 atom stereocenters. The molecule has 0 fully saturated rings. The van der Waals surface area contributed by atoms with Crippen LogP contribution in [-0.4, -0.2) is 17.5 Å². The molecule has 1 amide bonds. The molecule has 0 saturated heterocycles. The summed E-state index contributed by atoms with van der Waals surface area (Å²) in [5.74, 6) is 0.414. The number of ether oxygens (including phenoxy) is 1. The molecule has 3 aromatic rings. The minimum Gasteiger partial charge on any atom is -0.483 e. The van der Waals surface area contributed by atoms with E-state index in [4.69, 9.17) is 4.74 Å². The summed E-state index contributed by atoms with van der Waals surface area (Å²) >= 11 is 4.86. The summed E-state index contributed by atoms with van der Waals surface area (Å²) in [6.07, 6.45) is 0. The fourth-order valence-corrected chi connectivity index (χ4v) is 3.44. The van der Waals surface area contributed by atoms with Crippen LogP contribution < -0.4 is 10.1 Å². The molecule has 112 valence electrons. The predicted octanol–water partition coefficient (Wildman–Crippen LogP) is 4.38. The van der Waals surface area contributed by atoms with Gasteiger partial charge in [0.15, 0.2) is 11.7 Å². The highest BCUT2D eigenvalue weighted by Crippen LogP contribution is 2.27. The van der Waals surface area contributed by atoms with Gasteiger partial charge in [-0.3, -0.25) is 10.1 Å². The number of anilines is 1. The summed E-state index contributed by atoms with van der Waals surface area (Å²) in [6, 6.07) is 13.5. The average Bonchev–Trinajstić information content (AvgIpc) is 2.88. The lowest BCUT2D eigenvalue weighted by Gasteiger charge is -2.08. The third kappa shape index (κ3) is 3.45. The van der Waals surface area contributed by atoms with Gasteiger partial charge in [0.25, 0.3) is 5.91 Å². The number of carbonyl (C=O) groups excluding carboxylic acids is 1. The summed E-state index contributed by atoms with van der Waals surface area (Å²) in [4.78, 5) is 16.3. The number of amides is 1. The van der Waals surface area contributed by atoms with Gasteiger partial charge >= 0.3 is 0 Å². The Kier molecular flexibility index (Phi) is 4.40. The molecule has 2 aromatic carbocycles. The molecule has 1 N–H and O–H groups in total. The molecular formula is C16H13BrN2O2S. The van der Waals surface area contributed by atoms with E-state index in [-0.39, 0.29) is 12.5 Å². The molecule has 0 saturated carbocycles. The third-order valence-corrected chi connectivity index (χ3v) is 4.56. The lowest BCUT2D eigenvalue weighted by Crippen LogP contribution is -2.20. The second-order valence-electron chi connectivity index (χ2n) is 4.76. The smallest absolute Gasteiger partial charge is 0.264 e. The Morgan fingerprint density at radius 2 is 2.14 bits per heavy atom. The topological polar surface area (TPSA) is 51.2 Å². The van der Waals surface area contributed by atoms with Gasteiger partial charge in [-0.15, -0.1) is 0 Å². The highest BCUT2D eigenvalue weighted by Gasteiger charge is 2.09.